The number of hydrogen-bond acceptors (Lipinski definition) is 6. The van der Waals surface area contributed by atoms with E-state index in [0.29, 0.717) is 17.9 Å². The van der Waals surface area contributed by atoms with E-state index in [1.165, 1.54) is 11.8 Å². The Bertz CT molecular complexity index is 1380. The molecule has 0 saturated heterocycles. The smallest absolute Gasteiger partial charge is 0.313 e. The van der Waals surface area contributed by atoms with E-state index in [1.807, 2.05) is 63.2 Å². The first-order valence-corrected chi connectivity index (χ1v) is 12.2. The van der Waals surface area contributed by atoms with Crippen LogP contribution in [0.2, 0.25) is 0 Å². The largest absolute Gasteiger partial charge is 0.507 e. The lowest BCUT2D eigenvalue weighted by atomic mass is 10.0. The van der Waals surface area contributed by atoms with Gasteiger partial charge < -0.3 is 20.1 Å². The molecule has 3 N–H and O–H groups in total. The topological polar surface area (TPSA) is 104 Å². The van der Waals surface area contributed by atoms with Crippen molar-refractivity contribution in [2.45, 2.75) is 20.8 Å². The van der Waals surface area contributed by atoms with Crippen molar-refractivity contribution in [3.8, 4) is 17.2 Å². The third-order valence-electron chi connectivity index (χ3n) is 5.60. The number of benzene rings is 4. The summed E-state index contributed by atoms with van der Waals surface area (Å²) < 4.78 is 5.79. The molecule has 4 rings (SSSR count). The monoisotopic (exact) mass is 492 g/mol. The molecule has 0 aromatic heterocycles. The van der Waals surface area contributed by atoms with Crippen LogP contribution in [0.25, 0.3) is 21.5 Å². The van der Waals surface area contributed by atoms with Crippen molar-refractivity contribution in [2.24, 2.45) is 0 Å². The summed E-state index contributed by atoms with van der Waals surface area (Å²) in [5.41, 5.74) is 3.23. The summed E-state index contributed by atoms with van der Waals surface area (Å²) >= 11 is 1.32. The van der Waals surface area contributed by atoms with Crippen molar-refractivity contribution in [3.05, 3.63) is 76.9 Å². The number of fused-ring (bicyclic) bond motifs is 2. The third kappa shape index (κ3) is 6.05. The van der Waals surface area contributed by atoms with Crippen LogP contribution in [0.1, 0.15) is 27.0 Å². The van der Waals surface area contributed by atoms with E-state index >= 15 is 0 Å². The van der Waals surface area contributed by atoms with E-state index in [0.717, 1.165) is 50.3 Å². The van der Waals surface area contributed by atoms with Crippen molar-refractivity contribution < 1.29 is 29.6 Å². The van der Waals surface area contributed by atoms with Crippen molar-refractivity contribution in [3.63, 3.8) is 0 Å². The van der Waals surface area contributed by atoms with E-state index in [4.69, 9.17) is 9.84 Å². The van der Waals surface area contributed by atoms with Gasteiger partial charge in [0, 0.05) is 27.5 Å². The average Bonchev–Trinajstić information content (AvgIpc) is 2.84. The fourth-order valence-corrected chi connectivity index (χ4v) is 4.32. The van der Waals surface area contributed by atoms with E-state index in [-0.39, 0.29) is 17.3 Å². The summed E-state index contributed by atoms with van der Waals surface area (Å²) in [6.45, 7) is 6.08. The summed E-state index contributed by atoms with van der Waals surface area (Å²) in [6, 6.07) is 16.6. The molecule has 6 nitrogen and oxygen atoms in total. The molecule has 0 fully saturated rings. The summed E-state index contributed by atoms with van der Waals surface area (Å²) in [5, 5.41) is 31.7. The minimum Gasteiger partial charge on any atom is -0.507 e. The molecule has 0 atom stereocenters. The Balaban J connectivity index is 0.000000211. The number of ether oxygens (including phenoxy) is 1. The number of hydrogen-bond donors (Lipinski definition) is 3. The standard InChI is InChI=1S/C16H18O4S.C12H10O2/c1-10-4-3-5-12-15(10)13(8-11(2)16(12)19)20-6-7-21-9-14(17)18;1-8-5-6-10-9(7-13)3-2-4-11(10)12(8)14/h3-5,8,19H,6-7,9H2,1-2H3,(H,17,18);2-7,14H,1H3. The number of aliphatic carboxylic acids is 1. The highest BCUT2D eigenvalue weighted by molar-refractivity contribution is 7.99. The molecule has 35 heavy (non-hydrogen) atoms. The SMILES string of the molecule is Cc1cc(OCCSCC(=O)O)c2c(C)cccc2c1O.Cc1ccc2c(C=O)cccc2c1O. The Hall–Kier alpha value is -3.71. The number of aldehydes is 1. The van der Waals surface area contributed by atoms with Gasteiger partial charge in [-0.25, -0.2) is 0 Å². The van der Waals surface area contributed by atoms with Crippen LogP contribution in [-0.4, -0.2) is 45.7 Å². The minimum atomic E-state index is -0.818. The Labute approximate surface area is 208 Å². The molecular weight excluding hydrogens is 464 g/mol. The molecule has 0 amide bonds. The molecule has 0 bridgehead atoms. The highest BCUT2D eigenvalue weighted by Gasteiger charge is 2.12. The zero-order valence-corrected chi connectivity index (χ0v) is 20.7. The molecule has 0 radical (unpaired) electrons. The Morgan fingerprint density at radius 1 is 0.886 bits per heavy atom. The second-order valence-electron chi connectivity index (χ2n) is 8.12. The normalized spacial score (nSPS) is 10.6. The zero-order chi connectivity index (χ0) is 25.5. The van der Waals surface area contributed by atoms with Gasteiger partial charge in [0.05, 0.1) is 12.4 Å². The van der Waals surface area contributed by atoms with Gasteiger partial charge in [0.15, 0.2) is 6.29 Å². The van der Waals surface area contributed by atoms with Gasteiger partial charge in [-0.05, 0) is 48.9 Å². The molecule has 0 aliphatic rings. The van der Waals surface area contributed by atoms with Crippen molar-refractivity contribution in [1.82, 2.24) is 0 Å². The Kier molecular flexibility index (Phi) is 8.60. The van der Waals surface area contributed by atoms with Gasteiger partial charge >= 0.3 is 5.97 Å². The van der Waals surface area contributed by atoms with Crippen molar-refractivity contribution in [2.75, 3.05) is 18.1 Å². The number of carbonyl (C=O) groups is 2. The Morgan fingerprint density at radius 3 is 2.29 bits per heavy atom. The van der Waals surface area contributed by atoms with Gasteiger partial charge in [0.1, 0.15) is 17.2 Å². The minimum absolute atomic E-state index is 0.0811. The number of aryl methyl sites for hydroxylation is 3. The van der Waals surface area contributed by atoms with Crippen LogP contribution in [0.4, 0.5) is 0 Å². The number of thioether (sulfide) groups is 1. The number of phenolic OH excluding ortho intramolecular Hbond substituents is 2. The predicted molar refractivity (Wildman–Crippen MR) is 141 cm³/mol. The van der Waals surface area contributed by atoms with Crippen LogP contribution < -0.4 is 4.74 Å². The summed E-state index contributed by atoms with van der Waals surface area (Å²) in [6.07, 6.45) is 0.803. The second-order valence-corrected chi connectivity index (χ2v) is 9.23. The van der Waals surface area contributed by atoms with Crippen LogP contribution in [0, 0.1) is 20.8 Å². The van der Waals surface area contributed by atoms with Crippen LogP contribution in [0.15, 0.2) is 54.6 Å². The summed E-state index contributed by atoms with van der Waals surface area (Å²) in [4.78, 5) is 21.2. The molecular formula is C28H28O6S. The maximum absolute atomic E-state index is 10.7. The number of aromatic hydroxyl groups is 2. The lowest BCUT2D eigenvalue weighted by Gasteiger charge is -2.14. The van der Waals surface area contributed by atoms with Gasteiger partial charge in [-0.3, -0.25) is 9.59 Å². The van der Waals surface area contributed by atoms with Crippen LogP contribution in [0.5, 0.6) is 17.2 Å². The molecule has 0 saturated carbocycles. The van der Waals surface area contributed by atoms with Gasteiger partial charge in [-0.15, -0.1) is 11.8 Å². The molecule has 4 aromatic rings. The summed E-state index contributed by atoms with van der Waals surface area (Å²) in [7, 11) is 0. The molecule has 0 aliphatic heterocycles. The van der Waals surface area contributed by atoms with Gasteiger partial charge in [0.2, 0.25) is 0 Å². The van der Waals surface area contributed by atoms with Crippen LogP contribution in [0.3, 0.4) is 0 Å². The second kappa shape index (κ2) is 11.6. The quantitative estimate of drug-likeness (QED) is 0.214. The van der Waals surface area contributed by atoms with Gasteiger partial charge in [-0.2, -0.15) is 0 Å². The predicted octanol–water partition coefficient (Wildman–Crippen LogP) is 6.03. The number of carboxylic acids is 1. The molecule has 182 valence electrons. The maximum atomic E-state index is 10.7. The van der Waals surface area contributed by atoms with Crippen molar-refractivity contribution >= 4 is 45.6 Å². The molecule has 7 heteroatoms. The molecule has 0 heterocycles. The number of carboxylic acid groups (broad SMARTS) is 1. The van der Waals surface area contributed by atoms with E-state index in [1.54, 1.807) is 12.1 Å². The Morgan fingerprint density at radius 2 is 1.57 bits per heavy atom. The van der Waals surface area contributed by atoms with Gasteiger partial charge in [0.25, 0.3) is 0 Å². The average molecular weight is 493 g/mol. The molecule has 0 unspecified atom stereocenters. The van der Waals surface area contributed by atoms with Crippen molar-refractivity contribution in [1.29, 1.82) is 0 Å². The lowest BCUT2D eigenvalue weighted by Crippen LogP contribution is -2.05. The highest BCUT2D eigenvalue weighted by atomic mass is 32.2. The third-order valence-corrected chi connectivity index (χ3v) is 6.51. The van der Waals surface area contributed by atoms with Gasteiger partial charge in [-0.1, -0.05) is 48.5 Å². The molecule has 0 aliphatic carbocycles. The van der Waals surface area contributed by atoms with E-state index in [2.05, 4.69) is 0 Å². The highest BCUT2D eigenvalue weighted by Crippen LogP contribution is 2.37. The first-order valence-electron chi connectivity index (χ1n) is 11.0. The maximum Gasteiger partial charge on any atom is 0.313 e. The summed E-state index contributed by atoms with van der Waals surface area (Å²) in [5.74, 6) is 1.14. The molecule has 0 spiro atoms. The number of rotatable bonds is 7. The molecule has 4 aromatic carbocycles. The fraction of sp³-hybridized carbons (Fsp3) is 0.214. The first kappa shape index (κ1) is 25.9. The van der Waals surface area contributed by atoms with Crippen LogP contribution >= 0.6 is 11.8 Å². The zero-order valence-electron chi connectivity index (χ0n) is 19.9. The lowest BCUT2D eigenvalue weighted by molar-refractivity contribution is -0.133. The van der Waals surface area contributed by atoms with E-state index < -0.39 is 5.97 Å². The fourth-order valence-electron chi connectivity index (χ4n) is 3.80. The number of carbonyl (C=O) groups excluding carboxylic acids is 1. The first-order chi connectivity index (χ1) is 16.7. The number of phenols is 2. The van der Waals surface area contributed by atoms with Crippen LogP contribution in [-0.2, 0) is 4.79 Å². The van der Waals surface area contributed by atoms with E-state index in [9.17, 15) is 19.8 Å².